The maximum atomic E-state index is 12.0. The number of carbonyl (C=O) groups excluding carboxylic acids is 2. The van der Waals surface area contributed by atoms with Crippen molar-refractivity contribution in [2.45, 2.75) is 31.9 Å². The fraction of sp³-hybridized carbons (Fsp3) is 0.364. The molecule has 0 bridgehead atoms. The minimum atomic E-state index is -5.16. The van der Waals surface area contributed by atoms with Gasteiger partial charge in [0.25, 0.3) is 0 Å². The molecule has 0 amide bonds. The van der Waals surface area contributed by atoms with Crippen molar-refractivity contribution in [2.24, 2.45) is 0 Å². The normalized spacial score (nSPS) is 11.2. The van der Waals surface area contributed by atoms with Gasteiger partial charge in [-0.3, -0.25) is 4.79 Å². The number of aryl methyl sites for hydroxylation is 1. The molecule has 8 heteroatoms. The number of esters is 2. The SMILES string of the molecule is O=C(CCNCCCc1ccc(OCCc2ccccc2)cc1)OC(=O)C(F)(F)F. The van der Waals surface area contributed by atoms with E-state index in [1.165, 1.54) is 5.56 Å². The van der Waals surface area contributed by atoms with E-state index in [9.17, 15) is 22.8 Å². The highest BCUT2D eigenvalue weighted by molar-refractivity contribution is 5.88. The summed E-state index contributed by atoms with van der Waals surface area (Å²) in [5.41, 5.74) is 2.35. The van der Waals surface area contributed by atoms with Gasteiger partial charge in [-0.25, -0.2) is 4.79 Å². The topological polar surface area (TPSA) is 64.6 Å². The number of benzene rings is 2. The first kappa shape index (κ1) is 23.4. The predicted octanol–water partition coefficient (Wildman–Crippen LogP) is 3.85. The number of carbonyl (C=O) groups is 2. The first-order chi connectivity index (χ1) is 14.3. The highest BCUT2D eigenvalue weighted by Gasteiger charge is 2.42. The van der Waals surface area contributed by atoms with Crippen LogP contribution in [-0.2, 0) is 27.2 Å². The molecule has 0 heterocycles. The van der Waals surface area contributed by atoms with Crippen molar-refractivity contribution in [2.75, 3.05) is 19.7 Å². The molecule has 2 aromatic rings. The summed E-state index contributed by atoms with van der Waals surface area (Å²) in [4.78, 5) is 21.7. The molecule has 0 saturated heterocycles. The maximum absolute atomic E-state index is 12.0. The molecule has 5 nitrogen and oxygen atoms in total. The van der Waals surface area contributed by atoms with E-state index in [-0.39, 0.29) is 13.0 Å². The Bertz CT molecular complexity index is 792. The third-order valence-corrected chi connectivity index (χ3v) is 4.19. The number of nitrogens with one attached hydrogen (secondary N) is 1. The van der Waals surface area contributed by atoms with Gasteiger partial charge in [-0.15, -0.1) is 0 Å². The van der Waals surface area contributed by atoms with Crippen LogP contribution in [0.3, 0.4) is 0 Å². The Balaban J connectivity index is 1.55. The molecule has 1 N–H and O–H groups in total. The van der Waals surface area contributed by atoms with Gasteiger partial charge < -0.3 is 14.8 Å². The second kappa shape index (κ2) is 12.0. The van der Waals surface area contributed by atoms with E-state index in [1.54, 1.807) is 0 Å². The van der Waals surface area contributed by atoms with E-state index in [2.05, 4.69) is 22.2 Å². The summed E-state index contributed by atoms with van der Waals surface area (Å²) in [6.07, 6.45) is -3.05. The van der Waals surface area contributed by atoms with Gasteiger partial charge in [0.2, 0.25) is 0 Å². The standard InChI is InChI=1S/C22H24F3NO4/c23-22(24,25)21(28)30-20(27)12-15-26-14-4-7-18-8-10-19(11-9-18)29-16-13-17-5-2-1-3-6-17/h1-3,5-6,8-11,26H,4,7,12-16H2. The van der Waals surface area contributed by atoms with E-state index in [0.29, 0.717) is 13.2 Å². The highest BCUT2D eigenvalue weighted by Crippen LogP contribution is 2.17. The van der Waals surface area contributed by atoms with Crippen molar-refractivity contribution in [1.29, 1.82) is 0 Å². The fourth-order valence-corrected chi connectivity index (χ4v) is 2.63. The Morgan fingerprint density at radius 2 is 1.53 bits per heavy atom. The number of hydrogen-bond acceptors (Lipinski definition) is 5. The lowest BCUT2D eigenvalue weighted by molar-refractivity contribution is -0.201. The molecule has 30 heavy (non-hydrogen) atoms. The maximum Gasteiger partial charge on any atom is 0.491 e. The summed E-state index contributed by atoms with van der Waals surface area (Å²) in [6, 6.07) is 17.9. The molecule has 0 saturated carbocycles. The van der Waals surface area contributed by atoms with Crippen LogP contribution in [0.2, 0.25) is 0 Å². The largest absolute Gasteiger partial charge is 0.493 e. The minimum Gasteiger partial charge on any atom is -0.493 e. The zero-order valence-corrected chi connectivity index (χ0v) is 16.4. The van der Waals surface area contributed by atoms with Crippen LogP contribution in [0, 0.1) is 0 Å². The third kappa shape index (κ3) is 9.09. The van der Waals surface area contributed by atoms with Gasteiger partial charge in [0.15, 0.2) is 0 Å². The van der Waals surface area contributed by atoms with E-state index < -0.39 is 18.1 Å². The summed E-state index contributed by atoms with van der Waals surface area (Å²) in [7, 11) is 0. The smallest absolute Gasteiger partial charge is 0.491 e. The molecule has 0 radical (unpaired) electrons. The van der Waals surface area contributed by atoms with Crippen molar-refractivity contribution in [3.8, 4) is 5.75 Å². The van der Waals surface area contributed by atoms with Gasteiger partial charge >= 0.3 is 18.1 Å². The molecule has 0 fully saturated rings. The van der Waals surface area contributed by atoms with Gasteiger partial charge in [-0.2, -0.15) is 13.2 Å². The van der Waals surface area contributed by atoms with Crippen LogP contribution in [0.5, 0.6) is 5.75 Å². The average molecular weight is 423 g/mol. The molecule has 0 spiro atoms. The monoisotopic (exact) mass is 423 g/mol. The molecule has 2 rings (SSSR count). The lowest BCUT2D eigenvalue weighted by Crippen LogP contribution is -2.29. The zero-order valence-electron chi connectivity index (χ0n) is 16.4. The van der Waals surface area contributed by atoms with Crippen molar-refractivity contribution >= 4 is 11.9 Å². The van der Waals surface area contributed by atoms with Gasteiger partial charge in [0, 0.05) is 13.0 Å². The quantitative estimate of drug-likeness (QED) is 0.338. The van der Waals surface area contributed by atoms with Crippen LogP contribution < -0.4 is 10.1 Å². The van der Waals surface area contributed by atoms with Crippen molar-refractivity contribution in [1.82, 2.24) is 5.32 Å². The number of halogens is 3. The number of hydrogen-bond donors (Lipinski definition) is 1. The Hall–Kier alpha value is -2.87. The van der Waals surface area contributed by atoms with Gasteiger partial charge in [0.05, 0.1) is 13.0 Å². The molecule has 162 valence electrons. The van der Waals surface area contributed by atoms with E-state index in [1.807, 2.05) is 42.5 Å². The molecule has 0 aliphatic rings. The average Bonchev–Trinajstić information content (AvgIpc) is 2.71. The second-order valence-electron chi connectivity index (χ2n) is 6.59. The van der Waals surface area contributed by atoms with Crippen molar-refractivity contribution < 1.29 is 32.2 Å². The van der Waals surface area contributed by atoms with Crippen LogP contribution in [0.15, 0.2) is 54.6 Å². The summed E-state index contributed by atoms with van der Waals surface area (Å²) in [5, 5.41) is 2.94. The van der Waals surface area contributed by atoms with Crippen molar-refractivity contribution in [3.05, 3.63) is 65.7 Å². The Labute approximate surface area is 173 Å². The molecular weight excluding hydrogens is 399 g/mol. The van der Waals surface area contributed by atoms with Crippen LogP contribution in [0.25, 0.3) is 0 Å². The summed E-state index contributed by atoms with van der Waals surface area (Å²) in [6.45, 7) is 1.32. The van der Waals surface area contributed by atoms with Gasteiger partial charge in [-0.05, 0) is 42.6 Å². The fourth-order valence-electron chi connectivity index (χ4n) is 2.63. The lowest BCUT2D eigenvalue weighted by atomic mass is 10.1. The Morgan fingerprint density at radius 1 is 0.867 bits per heavy atom. The summed E-state index contributed by atoms with van der Waals surface area (Å²) in [5.74, 6) is -2.88. The number of rotatable bonds is 11. The van der Waals surface area contributed by atoms with E-state index in [0.717, 1.165) is 30.6 Å². The molecule has 0 atom stereocenters. The molecular formula is C22H24F3NO4. The summed E-state index contributed by atoms with van der Waals surface area (Å²) < 4.78 is 45.3. The Morgan fingerprint density at radius 3 is 2.20 bits per heavy atom. The molecule has 0 aliphatic heterocycles. The van der Waals surface area contributed by atoms with E-state index in [4.69, 9.17) is 4.74 Å². The molecule has 0 unspecified atom stereocenters. The van der Waals surface area contributed by atoms with Crippen molar-refractivity contribution in [3.63, 3.8) is 0 Å². The first-order valence-electron chi connectivity index (χ1n) is 9.63. The van der Waals surface area contributed by atoms with E-state index >= 15 is 0 Å². The minimum absolute atomic E-state index is 0.137. The van der Waals surface area contributed by atoms with Gasteiger partial charge in [0.1, 0.15) is 5.75 Å². The summed E-state index contributed by atoms with van der Waals surface area (Å²) >= 11 is 0. The first-order valence-corrected chi connectivity index (χ1v) is 9.63. The van der Waals surface area contributed by atoms with Crippen LogP contribution in [-0.4, -0.2) is 37.8 Å². The molecule has 0 aliphatic carbocycles. The predicted molar refractivity (Wildman–Crippen MR) is 105 cm³/mol. The Kier molecular flexibility index (Phi) is 9.34. The number of ether oxygens (including phenoxy) is 2. The van der Waals surface area contributed by atoms with Crippen LogP contribution >= 0.6 is 0 Å². The van der Waals surface area contributed by atoms with Crippen LogP contribution in [0.4, 0.5) is 13.2 Å². The molecule has 2 aromatic carbocycles. The number of alkyl halides is 3. The molecule has 0 aromatic heterocycles. The highest BCUT2D eigenvalue weighted by atomic mass is 19.4. The lowest BCUT2D eigenvalue weighted by Gasteiger charge is -2.08. The zero-order chi connectivity index (χ0) is 21.8. The van der Waals surface area contributed by atoms with Crippen LogP contribution in [0.1, 0.15) is 24.0 Å². The second-order valence-corrected chi connectivity index (χ2v) is 6.59. The van der Waals surface area contributed by atoms with Gasteiger partial charge in [-0.1, -0.05) is 42.5 Å². The third-order valence-electron chi connectivity index (χ3n) is 4.19.